The molecular formula is C5H11ClNO3P. The molecule has 0 aliphatic heterocycles. The van der Waals surface area contributed by atoms with E-state index in [-0.39, 0.29) is 5.17 Å². The molecule has 0 spiro atoms. The average molecular weight is 200 g/mol. The number of hydrogen-bond acceptors (Lipinski definition) is 4. The van der Waals surface area contributed by atoms with Gasteiger partial charge in [0.1, 0.15) is 5.17 Å². The minimum atomic E-state index is -3.02. The summed E-state index contributed by atoms with van der Waals surface area (Å²) in [5.41, 5.74) is 0. The Bertz CT molecular complexity index is 190. The fourth-order valence-electron chi connectivity index (χ4n) is 0.388. The van der Waals surface area contributed by atoms with E-state index in [9.17, 15) is 4.57 Å². The van der Waals surface area contributed by atoms with Crippen molar-refractivity contribution in [1.82, 2.24) is 0 Å². The standard InChI is InChI=1S/C5H11ClNO3P/c1-4-9-11(3,8)10-7-5(2)6/h4H2,1-3H3/b7-5-. The largest absolute Gasteiger partial charge is 0.397 e. The number of hydrogen-bond donors (Lipinski definition) is 0. The number of oxime groups is 1. The van der Waals surface area contributed by atoms with Crippen molar-refractivity contribution in [3.8, 4) is 0 Å². The summed E-state index contributed by atoms with van der Waals surface area (Å²) in [5.74, 6) is 0. The fourth-order valence-corrected chi connectivity index (χ4v) is 1.26. The van der Waals surface area contributed by atoms with Crippen LogP contribution in [0.25, 0.3) is 0 Å². The maximum atomic E-state index is 11.1. The van der Waals surface area contributed by atoms with Gasteiger partial charge in [-0.15, -0.1) is 0 Å². The zero-order chi connectivity index (χ0) is 8.91. The highest BCUT2D eigenvalue weighted by molar-refractivity contribution is 7.52. The van der Waals surface area contributed by atoms with Gasteiger partial charge in [-0.1, -0.05) is 16.8 Å². The van der Waals surface area contributed by atoms with E-state index < -0.39 is 7.60 Å². The van der Waals surface area contributed by atoms with Gasteiger partial charge in [-0.2, -0.15) is 0 Å². The summed E-state index contributed by atoms with van der Waals surface area (Å²) in [5, 5.41) is 3.50. The third-order valence-electron chi connectivity index (χ3n) is 0.679. The Labute approximate surface area is 71.0 Å². The molecule has 0 heterocycles. The van der Waals surface area contributed by atoms with E-state index in [0.717, 1.165) is 0 Å². The topological polar surface area (TPSA) is 47.9 Å². The molecule has 4 nitrogen and oxygen atoms in total. The van der Waals surface area contributed by atoms with Gasteiger partial charge >= 0.3 is 7.60 Å². The Morgan fingerprint density at radius 3 is 2.64 bits per heavy atom. The second-order valence-corrected chi connectivity index (χ2v) is 4.37. The van der Waals surface area contributed by atoms with Crippen molar-refractivity contribution in [3.05, 3.63) is 0 Å². The smallest absolute Gasteiger partial charge is 0.313 e. The van der Waals surface area contributed by atoms with E-state index in [2.05, 4.69) is 9.78 Å². The molecule has 11 heavy (non-hydrogen) atoms. The average Bonchev–Trinajstić information content (AvgIpc) is 1.84. The Morgan fingerprint density at radius 2 is 2.27 bits per heavy atom. The van der Waals surface area contributed by atoms with Crippen LogP contribution < -0.4 is 0 Å². The molecule has 0 saturated carbocycles. The lowest BCUT2D eigenvalue weighted by molar-refractivity contribution is 0.224. The number of rotatable bonds is 4. The Balaban J connectivity index is 3.93. The van der Waals surface area contributed by atoms with Gasteiger partial charge in [0.15, 0.2) is 0 Å². The summed E-state index contributed by atoms with van der Waals surface area (Å²) in [6.07, 6.45) is 0. The van der Waals surface area contributed by atoms with Crippen LogP contribution in [-0.2, 0) is 13.7 Å². The molecule has 0 saturated heterocycles. The van der Waals surface area contributed by atoms with E-state index >= 15 is 0 Å². The molecule has 0 aliphatic rings. The van der Waals surface area contributed by atoms with Gasteiger partial charge < -0.3 is 4.62 Å². The highest BCUT2D eigenvalue weighted by atomic mass is 35.5. The van der Waals surface area contributed by atoms with E-state index in [0.29, 0.717) is 6.61 Å². The van der Waals surface area contributed by atoms with Crippen molar-refractivity contribution < 1.29 is 13.7 Å². The second kappa shape index (κ2) is 4.75. The van der Waals surface area contributed by atoms with Gasteiger partial charge in [0.2, 0.25) is 0 Å². The third kappa shape index (κ3) is 6.35. The van der Waals surface area contributed by atoms with Crippen LogP contribution in [0.1, 0.15) is 13.8 Å². The Morgan fingerprint density at radius 1 is 1.73 bits per heavy atom. The molecule has 1 atom stereocenters. The van der Waals surface area contributed by atoms with Crippen LogP contribution in [0.4, 0.5) is 0 Å². The minimum Gasteiger partial charge on any atom is -0.313 e. The van der Waals surface area contributed by atoms with Crippen molar-refractivity contribution in [1.29, 1.82) is 0 Å². The van der Waals surface area contributed by atoms with Gasteiger partial charge in [0, 0.05) is 0 Å². The molecule has 0 bridgehead atoms. The van der Waals surface area contributed by atoms with Crippen molar-refractivity contribution in [3.63, 3.8) is 0 Å². The first kappa shape index (κ1) is 11.0. The molecule has 0 aromatic carbocycles. The highest BCUT2D eigenvalue weighted by Crippen LogP contribution is 2.43. The summed E-state index contributed by atoms with van der Waals surface area (Å²) in [6.45, 7) is 4.90. The first-order valence-corrected chi connectivity index (χ1v) is 5.45. The van der Waals surface area contributed by atoms with E-state index in [1.165, 1.54) is 13.6 Å². The van der Waals surface area contributed by atoms with Crippen LogP contribution in [0.3, 0.4) is 0 Å². The summed E-state index contributed by atoms with van der Waals surface area (Å²) in [7, 11) is -3.02. The summed E-state index contributed by atoms with van der Waals surface area (Å²) >= 11 is 5.33. The molecule has 0 aromatic heterocycles. The fraction of sp³-hybridized carbons (Fsp3) is 0.800. The lowest BCUT2D eigenvalue weighted by Crippen LogP contribution is -1.90. The SMILES string of the molecule is CCOP(C)(=O)O/N=C(/C)Cl. The zero-order valence-electron chi connectivity index (χ0n) is 6.70. The lowest BCUT2D eigenvalue weighted by atomic mass is 10.9. The molecule has 0 radical (unpaired) electrons. The van der Waals surface area contributed by atoms with Crippen LogP contribution in [-0.4, -0.2) is 18.4 Å². The molecule has 0 fully saturated rings. The quantitative estimate of drug-likeness (QED) is 0.397. The van der Waals surface area contributed by atoms with Gasteiger partial charge in [-0.05, 0) is 13.8 Å². The van der Waals surface area contributed by atoms with E-state index in [4.69, 9.17) is 16.1 Å². The minimum absolute atomic E-state index is 0.187. The van der Waals surface area contributed by atoms with Crippen LogP contribution >= 0.6 is 19.2 Å². The monoisotopic (exact) mass is 199 g/mol. The normalized spacial score (nSPS) is 17.6. The zero-order valence-corrected chi connectivity index (χ0v) is 8.35. The van der Waals surface area contributed by atoms with Crippen LogP contribution in [0.2, 0.25) is 0 Å². The molecule has 6 heteroatoms. The molecule has 0 aliphatic carbocycles. The van der Waals surface area contributed by atoms with Crippen molar-refractivity contribution in [2.24, 2.45) is 5.16 Å². The molecule has 0 aromatic rings. The van der Waals surface area contributed by atoms with Crippen LogP contribution in [0.15, 0.2) is 5.16 Å². The predicted molar refractivity (Wildman–Crippen MR) is 45.2 cm³/mol. The van der Waals surface area contributed by atoms with Gasteiger partial charge in [0.25, 0.3) is 0 Å². The summed E-state index contributed by atoms with van der Waals surface area (Å²) in [6, 6.07) is 0. The predicted octanol–water partition coefficient (Wildman–Crippen LogP) is 2.43. The second-order valence-electron chi connectivity index (χ2n) is 1.86. The van der Waals surface area contributed by atoms with E-state index in [1.54, 1.807) is 6.92 Å². The summed E-state index contributed by atoms with van der Waals surface area (Å²) in [4.78, 5) is 0. The third-order valence-corrected chi connectivity index (χ3v) is 1.85. The molecule has 1 unspecified atom stereocenters. The Kier molecular flexibility index (Phi) is 4.73. The first-order chi connectivity index (χ1) is 4.98. The molecule has 0 amide bonds. The van der Waals surface area contributed by atoms with Crippen molar-refractivity contribution >= 4 is 24.4 Å². The molecule has 0 N–H and O–H groups in total. The Hall–Kier alpha value is -0.0500. The number of nitrogens with zero attached hydrogens (tertiary/aromatic N) is 1. The van der Waals surface area contributed by atoms with Crippen LogP contribution in [0, 0.1) is 0 Å². The van der Waals surface area contributed by atoms with Crippen molar-refractivity contribution in [2.75, 3.05) is 13.3 Å². The maximum Gasteiger partial charge on any atom is 0.397 e. The molecule has 0 rings (SSSR count). The van der Waals surface area contributed by atoms with Gasteiger partial charge in [-0.25, -0.2) is 4.57 Å². The summed E-state index contributed by atoms with van der Waals surface area (Å²) < 4.78 is 20.4. The van der Waals surface area contributed by atoms with Gasteiger partial charge in [0.05, 0.1) is 13.3 Å². The molecule has 66 valence electrons. The highest BCUT2D eigenvalue weighted by Gasteiger charge is 2.16. The van der Waals surface area contributed by atoms with Gasteiger partial charge in [-0.3, -0.25) is 4.52 Å². The maximum absolute atomic E-state index is 11.1. The van der Waals surface area contributed by atoms with E-state index in [1.807, 2.05) is 0 Å². The molecular weight excluding hydrogens is 188 g/mol. The number of halogens is 1. The van der Waals surface area contributed by atoms with Crippen LogP contribution in [0.5, 0.6) is 0 Å². The first-order valence-electron chi connectivity index (χ1n) is 3.09. The lowest BCUT2D eigenvalue weighted by Gasteiger charge is -2.08. The van der Waals surface area contributed by atoms with Crippen molar-refractivity contribution in [2.45, 2.75) is 13.8 Å².